The molecule has 8 nitrogen and oxygen atoms in total. The summed E-state index contributed by atoms with van der Waals surface area (Å²) >= 11 is 11.5. The summed E-state index contributed by atoms with van der Waals surface area (Å²) in [6, 6.07) is 6.13. The normalized spacial score (nSPS) is 11.3. The largest absolute Gasteiger partial charge is 0.338 e. The Hall–Kier alpha value is -1.99. The molecule has 0 saturated carbocycles. The average molecular weight is 377 g/mol. The maximum atomic E-state index is 12.8. The summed E-state index contributed by atoms with van der Waals surface area (Å²) in [5.74, 6) is 0. The van der Waals surface area contributed by atoms with Crippen LogP contribution in [0.1, 0.15) is 0 Å². The summed E-state index contributed by atoms with van der Waals surface area (Å²) in [7, 11) is -4.69. The van der Waals surface area contributed by atoms with Crippen molar-refractivity contribution < 1.29 is 19.3 Å². The van der Waals surface area contributed by atoms with E-state index in [9.17, 15) is 29.7 Å². The lowest BCUT2D eigenvalue weighted by atomic mass is 10.3. The zero-order valence-electron chi connectivity index (χ0n) is 11.1. The second-order valence-corrected chi connectivity index (χ2v) is 7.34. The molecule has 0 fully saturated rings. The molecule has 0 unspecified atom stereocenters. The van der Waals surface area contributed by atoms with E-state index in [0.717, 1.165) is 24.3 Å². The van der Waals surface area contributed by atoms with Gasteiger partial charge in [0.1, 0.15) is 10.6 Å². The summed E-state index contributed by atoms with van der Waals surface area (Å²) in [5.41, 5.74) is -1.34. The van der Waals surface area contributed by atoms with Gasteiger partial charge >= 0.3 is 0 Å². The molecule has 0 radical (unpaired) electrons. The van der Waals surface area contributed by atoms with Crippen molar-refractivity contribution in [1.82, 2.24) is 0 Å². The maximum Gasteiger partial charge on any atom is 0.282 e. The highest BCUT2D eigenvalue weighted by atomic mass is 35.5. The number of rotatable bonds is 4. The minimum atomic E-state index is -4.69. The third kappa shape index (κ3) is 3.35. The average Bonchev–Trinajstić information content (AvgIpc) is 2.46. The Labute approximate surface area is 139 Å². The zero-order chi connectivity index (χ0) is 17.4. The molecule has 0 amide bonds. The number of hydrogen-bond donors (Lipinski definition) is 1. The van der Waals surface area contributed by atoms with Gasteiger partial charge in [-0.25, -0.2) is 0 Å². The molecule has 2 rings (SSSR count). The van der Waals surface area contributed by atoms with Crippen LogP contribution in [0.5, 0.6) is 0 Å². The molecule has 120 valence electrons. The van der Waals surface area contributed by atoms with E-state index >= 15 is 0 Å². The van der Waals surface area contributed by atoms with Crippen molar-refractivity contribution in [3.05, 3.63) is 66.7 Å². The Morgan fingerprint density at radius 3 is 1.52 bits per heavy atom. The predicted molar refractivity (Wildman–Crippen MR) is 85.3 cm³/mol. The molecule has 23 heavy (non-hydrogen) atoms. The summed E-state index contributed by atoms with van der Waals surface area (Å²) < 4.78 is 12.8. The SMILES string of the molecule is O=[N+]([O-])c1ccc(Cl)cc1P(=O)(O)c1cc(Cl)ccc1[N+](=O)[O-]. The van der Waals surface area contributed by atoms with Gasteiger partial charge in [-0.3, -0.25) is 24.8 Å². The lowest BCUT2D eigenvalue weighted by Crippen LogP contribution is -2.21. The predicted octanol–water partition coefficient (Wildman–Crippen LogP) is 3.03. The van der Waals surface area contributed by atoms with Gasteiger partial charge in [-0.1, -0.05) is 23.2 Å². The van der Waals surface area contributed by atoms with Crippen LogP contribution in [0.3, 0.4) is 0 Å². The highest BCUT2D eigenvalue weighted by molar-refractivity contribution is 7.74. The van der Waals surface area contributed by atoms with Crippen LogP contribution in [-0.4, -0.2) is 14.7 Å². The van der Waals surface area contributed by atoms with Crippen molar-refractivity contribution in [2.24, 2.45) is 0 Å². The summed E-state index contributed by atoms with van der Waals surface area (Å²) in [6.07, 6.45) is 0. The van der Waals surface area contributed by atoms with E-state index in [-0.39, 0.29) is 10.0 Å². The molecule has 0 heterocycles. The Kier molecular flexibility index (Phi) is 4.72. The van der Waals surface area contributed by atoms with Crippen LogP contribution in [0.25, 0.3) is 0 Å². The molecular formula is C12H7Cl2N2O6P. The summed E-state index contributed by atoms with van der Waals surface area (Å²) in [6.45, 7) is 0. The number of nitrogens with zero attached hydrogens (tertiary/aromatic N) is 2. The Morgan fingerprint density at radius 2 is 1.22 bits per heavy atom. The van der Waals surface area contributed by atoms with Crippen molar-refractivity contribution in [2.75, 3.05) is 0 Å². The minimum absolute atomic E-state index is 0.0236. The minimum Gasteiger partial charge on any atom is -0.338 e. The van der Waals surface area contributed by atoms with Gasteiger partial charge in [0.15, 0.2) is 0 Å². The number of hydrogen-bond acceptors (Lipinski definition) is 5. The molecule has 0 spiro atoms. The summed E-state index contributed by atoms with van der Waals surface area (Å²) in [5, 5.41) is 20.9. The third-order valence-electron chi connectivity index (χ3n) is 2.92. The van der Waals surface area contributed by atoms with Gasteiger partial charge in [0.25, 0.3) is 18.7 Å². The van der Waals surface area contributed by atoms with Crippen LogP contribution in [-0.2, 0) is 4.57 Å². The van der Waals surface area contributed by atoms with Gasteiger partial charge in [-0.15, -0.1) is 0 Å². The van der Waals surface area contributed by atoms with Crippen LogP contribution >= 0.6 is 30.6 Å². The first-order valence-electron chi connectivity index (χ1n) is 5.86. The van der Waals surface area contributed by atoms with Crippen LogP contribution in [0.4, 0.5) is 11.4 Å². The fourth-order valence-corrected chi connectivity index (χ4v) is 4.23. The topological polar surface area (TPSA) is 124 Å². The van der Waals surface area contributed by atoms with E-state index in [4.69, 9.17) is 23.2 Å². The standard InChI is InChI=1S/C12H7Cl2N2O6P/c13-7-1-3-9(15(17)18)11(5-7)23(21,22)12-6-8(14)2-4-10(12)16(19)20/h1-6H,(H,21,22). The first kappa shape index (κ1) is 17.4. The highest BCUT2D eigenvalue weighted by Crippen LogP contribution is 2.45. The molecule has 0 bridgehead atoms. The van der Waals surface area contributed by atoms with Gasteiger partial charge in [0.05, 0.1) is 9.85 Å². The van der Waals surface area contributed by atoms with Gasteiger partial charge in [-0.2, -0.15) is 0 Å². The van der Waals surface area contributed by atoms with Crippen molar-refractivity contribution in [1.29, 1.82) is 0 Å². The monoisotopic (exact) mass is 376 g/mol. The molecule has 11 heteroatoms. The van der Waals surface area contributed by atoms with E-state index < -0.39 is 39.2 Å². The highest BCUT2D eigenvalue weighted by Gasteiger charge is 2.38. The van der Waals surface area contributed by atoms with Gasteiger partial charge in [0.2, 0.25) is 0 Å². The molecule has 0 aliphatic heterocycles. The second kappa shape index (κ2) is 6.25. The number of nitro groups is 2. The van der Waals surface area contributed by atoms with Crippen LogP contribution in [0.2, 0.25) is 10.0 Å². The number of nitro benzene ring substituents is 2. The van der Waals surface area contributed by atoms with Crippen molar-refractivity contribution >= 4 is 52.6 Å². The molecule has 2 aromatic carbocycles. The van der Waals surface area contributed by atoms with E-state index in [0.29, 0.717) is 0 Å². The van der Waals surface area contributed by atoms with Gasteiger partial charge in [-0.05, 0) is 24.3 Å². The molecule has 0 aliphatic rings. The Morgan fingerprint density at radius 1 is 0.870 bits per heavy atom. The van der Waals surface area contributed by atoms with Gasteiger partial charge in [0, 0.05) is 22.2 Å². The number of benzene rings is 2. The molecular weight excluding hydrogens is 370 g/mol. The fourth-order valence-electron chi connectivity index (χ4n) is 1.92. The maximum absolute atomic E-state index is 12.8. The molecule has 0 atom stereocenters. The van der Waals surface area contributed by atoms with Gasteiger partial charge < -0.3 is 4.89 Å². The van der Waals surface area contributed by atoms with E-state index in [1.165, 1.54) is 12.1 Å². The van der Waals surface area contributed by atoms with E-state index in [2.05, 4.69) is 0 Å². The first-order chi connectivity index (χ1) is 10.6. The van der Waals surface area contributed by atoms with E-state index in [1.807, 2.05) is 0 Å². The lowest BCUT2D eigenvalue weighted by Gasteiger charge is -2.13. The lowest BCUT2D eigenvalue weighted by molar-refractivity contribution is -0.383. The van der Waals surface area contributed by atoms with E-state index in [1.54, 1.807) is 0 Å². The van der Waals surface area contributed by atoms with Crippen LogP contribution in [0.15, 0.2) is 36.4 Å². The summed E-state index contributed by atoms with van der Waals surface area (Å²) in [4.78, 5) is 30.8. The molecule has 0 aromatic heterocycles. The Balaban J connectivity index is 2.81. The second-order valence-electron chi connectivity index (χ2n) is 4.36. The number of halogens is 2. The fraction of sp³-hybridized carbons (Fsp3) is 0. The third-order valence-corrected chi connectivity index (χ3v) is 5.41. The molecule has 0 aliphatic carbocycles. The Bertz CT molecular complexity index is 805. The smallest absolute Gasteiger partial charge is 0.282 e. The van der Waals surface area contributed by atoms with Crippen molar-refractivity contribution in [3.8, 4) is 0 Å². The quantitative estimate of drug-likeness (QED) is 0.496. The first-order valence-corrected chi connectivity index (χ1v) is 8.28. The zero-order valence-corrected chi connectivity index (χ0v) is 13.5. The van der Waals surface area contributed by atoms with Crippen molar-refractivity contribution in [2.45, 2.75) is 0 Å². The van der Waals surface area contributed by atoms with Crippen molar-refractivity contribution in [3.63, 3.8) is 0 Å². The molecule has 0 saturated heterocycles. The van der Waals surface area contributed by atoms with Crippen LogP contribution < -0.4 is 10.6 Å². The molecule has 1 N–H and O–H groups in total. The van der Waals surface area contributed by atoms with Crippen LogP contribution in [0, 0.1) is 20.2 Å². The molecule has 2 aromatic rings.